The first kappa shape index (κ1) is 12.3. The monoisotopic (exact) mass is 250 g/mol. The van der Waals surface area contributed by atoms with Gasteiger partial charge in [-0.05, 0) is 18.2 Å². The molecule has 0 heterocycles. The van der Waals surface area contributed by atoms with E-state index in [-0.39, 0.29) is 16.3 Å². The summed E-state index contributed by atoms with van der Waals surface area (Å²) >= 11 is 9.38. The number of hydrogen-bond donors (Lipinski definition) is 1. The number of benzene rings is 1. The van der Waals surface area contributed by atoms with Gasteiger partial charge in [0.2, 0.25) is 0 Å². The zero-order valence-electron chi connectivity index (χ0n) is 7.40. The summed E-state index contributed by atoms with van der Waals surface area (Å²) < 4.78 is 37.0. The van der Waals surface area contributed by atoms with Crippen LogP contribution < -0.4 is 0 Å². The second kappa shape index (κ2) is 4.82. The summed E-state index contributed by atoms with van der Waals surface area (Å²) in [6.07, 6.45) is -4.40. The quantitative estimate of drug-likeness (QED) is 0.527. The Bertz CT molecular complexity index is 415. The van der Waals surface area contributed by atoms with Crippen LogP contribution in [0.5, 0.6) is 0 Å². The molecule has 0 aliphatic rings. The predicted molar refractivity (Wildman–Crippen MR) is 57.2 cm³/mol. The van der Waals surface area contributed by atoms with Gasteiger partial charge in [-0.25, -0.2) is 0 Å². The van der Waals surface area contributed by atoms with Crippen molar-refractivity contribution in [1.82, 2.24) is 0 Å². The van der Waals surface area contributed by atoms with Crippen molar-refractivity contribution in [3.05, 3.63) is 34.3 Å². The molecule has 0 aliphatic carbocycles. The minimum atomic E-state index is -4.40. The van der Waals surface area contributed by atoms with Gasteiger partial charge in [0.25, 0.3) is 0 Å². The van der Waals surface area contributed by atoms with E-state index in [1.165, 1.54) is 6.07 Å². The molecule has 0 N–H and O–H groups in total. The van der Waals surface area contributed by atoms with Crippen LogP contribution in [0.2, 0.25) is 5.02 Å². The lowest BCUT2D eigenvalue weighted by Crippen LogP contribution is -2.05. The fourth-order valence-electron chi connectivity index (χ4n) is 0.967. The number of hydrogen-bond acceptors (Lipinski definition) is 1. The van der Waals surface area contributed by atoms with Gasteiger partial charge in [0, 0.05) is 10.6 Å². The van der Waals surface area contributed by atoms with Crippen molar-refractivity contribution in [3.8, 4) is 11.8 Å². The van der Waals surface area contributed by atoms with Gasteiger partial charge in [0.05, 0.1) is 11.3 Å². The van der Waals surface area contributed by atoms with E-state index in [4.69, 9.17) is 11.6 Å². The van der Waals surface area contributed by atoms with E-state index in [2.05, 4.69) is 24.5 Å². The maximum atomic E-state index is 12.3. The van der Waals surface area contributed by atoms with Crippen LogP contribution in [0.25, 0.3) is 0 Å². The second-order valence-corrected chi connectivity index (χ2v) is 3.44. The lowest BCUT2D eigenvalue weighted by atomic mass is 10.1. The first-order valence-corrected chi connectivity index (χ1v) is 4.92. The van der Waals surface area contributed by atoms with Crippen molar-refractivity contribution in [2.45, 2.75) is 6.18 Å². The van der Waals surface area contributed by atoms with Crippen LogP contribution >= 0.6 is 24.2 Å². The summed E-state index contributed by atoms with van der Waals surface area (Å²) in [5.74, 6) is 5.38. The fourth-order valence-corrected chi connectivity index (χ4v) is 1.28. The van der Waals surface area contributed by atoms with E-state index < -0.39 is 11.7 Å². The summed E-state index contributed by atoms with van der Waals surface area (Å²) in [4.78, 5) is 0. The Kier molecular flexibility index (Phi) is 3.95. The second-order valence-electron chi connectivity index (χ2n) is 2.69. The van der Waals surface area contributed by atoms with Crippen LogP contribution in [0, 0.1) is 11.8 Å². The van der Waals surface area contributed by atoms with E-state index in [0.717, 1.165) is 12.1 Å². The maximum Gasteiger partial charge on any atom is 0.416 e. The Morgan fingerprint density at radius 3 is 2.47 bits per heavy atom. The van der Waals surface area contributed by atoms with E-state index in [0.29, 0.717) is 0 Å². The van der Waals surface area contributed by atoms with Crippen molar-refractivity contribution < 1.29 is 13.2 Å². The van der Waals surface area contributed by atoms with Crippen molar-refractivity contribution >= 4 is 24.2 Å². The summed E-state index contributed by atoms with van der Waals surface area (Å²) in [5, 5.41) is 0.0216. The minimum Gasteiger partial charge on any atom is -0.166 e. The molecule has 0 saturated carbocycles. The smallest absolute Gasteiger partial charge is 0.166 e. The van der Waals surface area contributed by atoms with Crippen molar-refractivity contribution in [2.24, 2.45) is 0 Å². The Labute approximate surface area is 95.8 Å². The molecule has 1 rings (SSSR count). The van der Waals surface area contributed by atoms with Gasteiger partial charge >= 0.3 is 6.18 Å². The Morgan fingerprint density at radius 1 is 1.27 bits per heavy atom. The van der Waals surface area contributed by atoms with Crippen LogP contribution in [0.4, 0.5) is 13.2 Å². The van der Waals surface area contributed by atoms with Crippen molar-refractivity contribution in [3.63, 3.8) is 0 Å². The third-order valence-corrected chi connectivity index (χ3v) is 1.91. The highest BCUT2D eigenvalue weighted by molar-refractivity contribution is 7.80. The van der Waals surface area contributed by atoms with Gasteiger partial charge in [-0.1, -0.05) is 23.4 Å². The Hall–Kier alpha value is -0.790. The number of rotatable bonds is 0. The van der Waals surface area contributed by atoms with E-state index in [9.17, 15) is 13.2 Å². The highest BCUT2D eigenvalue weighted by Crippen LogP contribution is 2.31. The van der Waals surface area contributed by atoms with Gasteiger partial charge in [-0.15, -0.1) is 0 Å². The number of thiol groups is 1. The first-order chi connectivity index (χ1) is 6.93. The molecule has 0 radical (unpaired) electrons. The summed E-state index contributed by atoms with van der Waals surface area (Å²) in [6.45, 7) is 0. The maximum absolute atomic E-state index is 12.3. The first-order valence-electron chi connectivity index (χ1n) is 3.91. The predicted octanol–water partition coefficient (Wildman–Crippen LogP) is 3.64. The highest BCUT2D eigenvalue weighted by Gasteiger charge is 2.30. The normalized spacial score (nSPS) is 10.7. The van der Waals surface area contributed by atoms with Crippen molar-refractivity contribution in [2.75, 3.05) is 5.75 Å². The standard InChI is InChI=1S/C10H6ClF3S/c11-9-5-7(2-1-3-15)4-8(6-9)10(12,13)14/h4-6,15H,3H2. The van der Waals surface area contributed by atoms with Gasteiger partial charge in [0.15, 0.2) is 0 Å². The Balaban J connectivity index is 3.17. The topological polar surface area (TPSA) is 0 Å². The molecule has 1 aromatic carbocycles. The average molecular weight is 251 g/mol. The number of halogens is 4. The molecule has 0 atom stereocenters. The molecule has 0 nitrogen and oxygen atoms in total. The SMILES string of the molecule is FC(F)(F)c1cc(Cl)cc(C#CCS)c1. The summed E-state index contributed by atoms with van der Waals surface area (Å²) in [7, 11) is 0. The molecular weight excluding hydrogens is 245 g/mol. The molecule has 0 bridgehead atoms. The number of alkyl halides is 3. The zero-order chi connectivity index (χ0) is 11.5. The van der Waals surface area contributed by atoms with E-state index >= 15 is 0 Å². The lowest BCUT2D eigenvalue weighted by molar-refractivity contribution is -0.137. The molecule has 5 heteroatoms. The molecule has 0 aliphatic heterocycles. The van der Waals surface area contributed by atoms with E-state index in [1.807, 2.05) is 0 Å². The Morgan fingerprint density at radius 2 is 1.93 bits per heavy atom. The summed E-state index contributed by atoms with van der Waals surface area (Å²) in [5.41, 5.74) is -0.553. The van der Waals surface area contributed by atoms with Gasteiger partial charge < -0.3 is 0 Å². The van der Waals surface area contributed by atoms with Crippen LogP contribution in [0.3, 0.4) is 0 Å². The minimum absolute atomic E-state index is 0.0216. The van der Waals surface area contributed by atoms with Gasteiger partial charge in [-0.3, -0.25) is 0 Å². The van der Waals surface area contributed by atoms with Crippen molar-refractivity contribution in [1.29, 1.82) is 0 Å². The molecular formula is C10H6ClF3S. The lowest BCUT2D eigenvalue weighted by Gasteiger charge is -2.07. The highest BCUT2D eigenvalue weighted by atomic mass is 35.5. The fraction of sp³-hybridized carbons (Fsp3) is 0.200. The molecule has 0 unspecified atom stereocenters. The van der Waals surface area contributed by atoms with Gasteiger partial charge in [-0.2, -0.15) is 25.8 Å². The third-order valence-electron chi connectivity index (χ3n) is 1.54. The van der Waals surface area contributed by atoms with E-state index in [1.54, 1.807) is 0 Å². The molecule has 15 heavy (non-hydrogen) atoms. The summed E-state index contributed by atoms with van der Waals surface area (Å²) in [6, 6.07) is 3.21. The largest absolute Gasteiger partial charge is 0.416 e. The molecule has 0 spiro atoms. The van der Waals surface area contributed by atoms with Crippen LogP contribution in [0.1, 0.15) is 11.1 Å². The molecule has 0 aromatic heterocycles. The molecule has 0 fully saturated rings. The molecule has 1 aromatic rings. The zero-order valence-corrected chi connectivity index (χ0v) is 9.05. The van der Waals surface area contributed by atoms with Gasteiger partial charge in [0.1, 0.15) is 0 Å². The molecule has 0 amide bonds. The molecule has 80 valence electrons. The average Bonchev–Trinajstić information content (AvgIpc) is 2.12. The third kappa shape index (κ3) is 3.69. The van der Waals surface area contributed by atoms with Crippen LogP contribution in [-0.2, 0) is 6.18 Å². The molecule has 0 saturated heterocycles. The van der Waals surface area contributed by atoms with Crippen LogP contribution in [-0.4, -0.2) is 5.75 Å². The van der Waals surface area contributed by atoms with Crippen LogP contribution in [0.15, 0.2) is 18.2 Å².